The van der Waals surface area contributed by atoms with Crippen molar-refractivity contribution >= 4 is 18.9 Å². The fraction of sp³-hybridized carbons (Fsp3) is 0.462. The molecule has 6 heteroatoms. The number of hydrogen-bond donors (Lipinski definition) is 1. The van der Waals surface area contributed by atoms with Crippen molar-refractivity contribution in [2.24, 2.45) is 0 Å². The molecule has 0 aliphatic carbocycles. The first-order chi connectivity index (χ1) is 8.98. The molecule has 0 aliphatic heterocycles. The van der Waals surface area contributed by atoms with Gasteiger partial charge in [0.2, 0.25) is 0 Å². The largest absolute Gasteiger partial charge is 0.478 e. The van der Waals surface area contributed by atoms with E-state index in [4.69, 9.17) is 14.2 Å². The molecule has 0 unspecified atom stereocenters. The average molecular weight is 286 g/mol. The van der Waals surface area contributed by atoms with Crippen molar-refractivity contribution in [3.05, 3.63) is 29.3 Å². The number of hydrogen-bond acceptors (Lipinski definition) is 4. The third-order valence-electron chi connectivity index (χ3n) is 2.60. The Morgan fingerprint density at radius 2 is 1.79 bits per heavy atom. The summed E-state index contributed by atoms with van der Waals surface area (Å²) in [6.45, 7) is 5.88. The van der Waals surface area contributed by atoms with Crippen molar-refractivity contribution in [3.63, 3.8) is 0 Å². The molecule has 106 valence electrons. The lowest BCUT2D eigenvalue weighted by Gasteiger charge is -2.20. The van der Waals surface area contributed by atoms with Crippen LogP contribution in [0.3, 0.4) is 0 Å². The van der Waals surface area contributed by atoms with Crippen LogP contribution in [0, 0.1) is 0 Å². The van der Waals surface area contributed by atoms with E-state index < -0.39 is 13.6 Å². The maximum Gasteiger partial charge on any atom is 0.361 e. The van der Waals surface area contributed by atoms with Crippen molar-refractivity contribution in [2.75, 3.05) is 13.2 Å². The van der Waals surface area contributed by atoms with E-state index in [2.05, 4.69) is 0 Å². The van der Waals surface area contributed by atoms with Crippen molar-refractivity contribution in [1.82, 2.24) is 0 Å². The minimum Gasteiger partial charge on any atom is -0.478 e. The van der Waals surface area contributed by atoms with Crippen LogP contribution in [0.15, 0.2) is 18.2 Å². The fourth-order valence-corrected chi connectivity index (χ4v) is 3.65. The third-order valence-corrected chi connectivity index (χ3v) is 4.82. The van der Waals surface area contributed by atoms with Crippen LogP contribution in [0.5, 0.6) is 0 Å². The molecule has 0 fully saturated rings. The Kier molecular flexibility index (Phi) is 5.73. The fourth-order valence-electron chi connectivity index (χ4n) is 1.79. The molecule has 0 spiro atoms. The highest BCUT2D eigenvalue weighted by Crippen LogP contribution is 2.47. The standard InChI is InChI=1S/C13H19O5P/c1-4-10-9-11(13(14)15)7-8-12(10)19(16,17-5-2)18-6-3/h7-9H,4-6H2,1-3H3,(H,14,15). The zero-order valence-corrected chi connectivity index (χ0v) is 12.3. The highest BCUT2D eigenvalue weighted by molar-refractivity contribution is 7.62. The summed E-state index contributed by atoms with van der Waals surface area (Å²) in [5, 5.41) is 9.42. The Bertz CT molecular complexity index is 488. The van der Waals surface area contributed by atoms with Gasteiger partial charge in [-0.2, -0.15) is 0 Å². The van der Waals surface area contributed by atoms with Crippen molar-refractivity contribution in [1.29, 1.82) is 0 Å². The van der Waals surface area contributed by atoms with Gasteiger partial charge < -0.3 is 14.2 Å². The highest BCUT2D eigenvalue weighted by Gasteiger charge is 2.29. The van der Waals surface area contributed by atoms with Gasteiger partial charge in [-0.1, -0.05) is 6.92 Å². The second kappa shape index (κ2) is 6.85. The molecule has 1 rings (SSSR count). The van der Waals surface area contributed by atoms with Gasteiger partial charge in [-0.3, -0.25) is 4.57 Å². The van der Waals surface area contributed by atoms with Crippen molar-refractivity contribution in [3.8, 4) is 0 Å². The van der Waals surface area contributed by atoms with E-state index in [9.17, 15) is 9.36 Å². The summed E-state index contributed by atoms with van der Waals surface area (Å²) in [6.07, 6.45) is 0.556. The summed E-state index contributed by atoms with van der Waals surface area (Å²) in [4.78, 5) is 10.9. The lowest BCUT2D eigenvalue weighted by Crippen LogP contribution is -2.16. The number of carboxylic acid groups (broad SMARTS) is 1. The molecular formula is C13H19O5P. The van der Waals surface area contributed by atoms with Gasteiger partial charge in [-0.25, -0.2) is 4.79 Å². The van der Waals surface area contributed by atoms with E-state index in [1.807, 2.05) is 6.92 Å². The molecule has 0 amide bonds. The van der Waals surface area contributed by atoms with Gasteiger partial charge >= 0.3 is 13.6 Å². The Hall–Kier alpha value is -1.16. The summed E-state index contributed by atoms with van der Waals surface area (Å²) in [6, 6.07) is 4.46. The average Bonchev–Trinajstić information content (AvgIpc) is 2.38. The smallest absolute Gasteiger partial charge is 0.361 e. The van der Waals surface area contributed by atoms with Crippen molar-refractivity contribution < 1.29 is 23.5 Å². The lowest BCUT2D eigenvalue weighted by molar-refractivity contribution is 0.0696. The number of aromatic carboxylic acids is 1. The summed E-state index contributed by atoms with van der Waals surface area (Å²) >= 11 is 0. The van der Waals surface area contributed by atoms with Crippen molar-refractivity contribution in [2.45, 2.75) is 27.2 Å². The monoisotopic (exact) mass is 286 g/mol. The van der Waals surface area contributed by atoms with Gasteiger partial charge in [0.15, 0.2) is 0 Å². The van der Waals surface area contributed by atoms with Crippen LogP contribution >= 0.6 is 7.60 Å². The molecule has 0 atom stereocenters. The first kappa shape index (κ1) is 15.9. The molecule has 5 nitrogen and oxygen atoms in total. The van der Waals surface area contributed by atoms with Crippen LogP contribution < -0.4 is 5.30 Å². The predicted molar refractivity (Wildman–Crippen MR) is 73.3 cm³/mol. The minimum absolute atomic E-state index is 0.167. The molecule has 0 aromatic heterocycles. The van der Waals surface area contributed by atoms with Crippen LogP contribution in [-0.2, 0) is 20.0 Å². The second-order valence-corrected chi connectivity index (χ2v) is 5.83. The number of rotatable bonds is 7. The van der Waals surface area contributed by atoms with E-state index in [1.54, 1.807) is 13.8 Å². The number of carbonyl (C=O) groups is 1. The maximum atomic E-state index is 12.7. The van der Waals surface area contributed by atoms with Gasteiger partial charge in [0.1, 0.15) is 0 Å². The van der Waals surface area contributed by atoms with Crippen LogP contribution in [0.25, 0.3) is 0 Å². The number of aryl methyl sites for hydroxylation is 1. The van der Waals surface area contributed by atoms with E-state index in [0.29, 0.717) is 17.3 Å². The molecule has 1 N–H and O–H groups in total. The Labute approximate surface area is 113 Å². The summed E-state index contributed by atoms with van der Waals surface area (Å²) in [5.41, 5.74) is 0.838. The zero-order valence-electron chi connectivity index (χ0n) is 11.4. The van der Waals surface area contributed by atoms with E-state index in [1.165, 1.54) is 18.2 Å². The van der Waals surface area contributed by atoms with Gasteiger partial charge in [0.05, 0.1) is 24.1 Å². The Balaban J connectivity index is 3.31. The molecule has 1 aromatic carbocycles. The molecule has 0 saturated heterocycles. The quantitative estimate of drug-likeness (QED) is 0.780. The summed E-state index contributed by atoms with van der Waals surface area (Å²) in [7, 11) is -3.37. The molecule has 1 aromatic rings. The SMILES string of the molecule is CCOP(=O)(OCC)c1ccc(C(=O)O)cc1CC. The summed E-state index contributed by atoms with van der Waals surface area (Å²) < 4.78 is 23.3. The predicted octanol–water partition coefficient (Wildman–Crippen LogP) is 2.84. The zero-order chi connectivity index (χ0) is 14.5. The third kappa shape index (κ3) is 3.66. The molecule has 0 radical (unpaired) electrons. The molecule has 0 heterocycles. The van der Waals surface area contributed by atoms with Crippen LogP contribution in [0.2, 0.25) is 0 Å². The Morgan fingerprint density at radius 1 is 1.21 bits per heavy atom. The first-order valence-corrected chi connectivity index (χ1v) is 7.78. The van der Waals surface area contributed by atoms with Crippen LogP contribution in [0.4, 0.5) is 0 Å². The van der Waals surface area contributed by atoms with Gasteiger partial charge in [-0.15, -0.1) is 0 Å². The molecule has 0 bridgehead atoms. The summed E-state index contributed by atoms with van der Waals surface area (Å²) in [5.74, 6) is -1.01. The lowest BCUT2D eigenvalue weighted by atomic mass is 10.1. The topological polar surface area (TPSA) is 72.8 Å². The van der Waals surface area contributed by atoms with Gasteiger partial charge in [-0.05, 0) is 44.0 Å². The van der Waals surface area contributed by atoms with E-state index in [-0.39, 0.29) is 18.8 Å². The van der Waals surface area contributed by atoms with Gasteiger partial charge in [0, 0.05) is 0 Å². The number of carboxylic acids is 1. The second-order valence-electron chi connectivity index (χ2n) is 3.84. The van der Waals surface area contributed by atoms with Gasteiger partial charge in [0.25, 0.3) is 0 Å². The minimum atomic E-state index is -3.37. The maximum absolute atomic E-state index is 12.7. The highest BCUT2D eigenvalue weighted by atomic mass is 31.2. The van der Waals surface area contributed by atoms with E-state index in [0.717, 1.165) is 0 Å². The van der Waals surface area contributed by atoms with Crippen LogP contribution in [-0.4, -0.2) is 24.3 Å². The molecule has 0 aliphatic rings. The molecular weight excluding hydrogens is 267 g/mol. The molecule has 0 saturated carbocycles. The Morgan fingerprint density at radius 3 is 2.21 bits per heavy atom. The van der Waals surface area contributed by atoms with E-state index >= 15 is 0 Å². The number of benzene rings is 1. The molecule has 19 heavy (non-hydrogen) atoms. The van der Waals surface area contributed by atoms with Crippen LogP contribution in [0.1, 0.15) is 36.7 Å². The first-order valence-electron chi connectivity index (χ1n) is 6.24. The normalized spacial score (nSPS) is 11.5.